The number of aromatic nitrogens is 1. The lowest BCUT2D eigenvalue weighted by Crippen LogP contribution is -2.59. The molecule has 0 bridgehead atoms. The van der Waals surface area contributed by atoms with E-state index in [1.165, 1.54) is 11.8 Å². The van der Waals surface area contributed by atoms with Crippen LogP contribution < -0.4 is 14.4 Å². The molecule has 5 fully saturated rings. The van der Waals surface area contributed by atoms with E-state index >= 15 is 9.59 Å². The fourth-order valence-electron chi connectivity index (χ4n) is 13.3. The summed E-state index contributed by atoms with van der Waals surface area (Å²) in [6.45, 7) is 19.9. The van der Waals surface area contributed by atoms with Crippen molar-refractivity contribution >= 4 is 35.2 Å². The van der Waals surface area contributed by atoms with Gasteiger partial charge in [-0.3, -0.25) is 19.4 Å². The number of ether oxygens (including phenoxy) is 10. The van der Waals surface area contributed by atoms with Crippen LogP contribution >= 0.6 is 11.8 Å². The molecule has 18 atom stereocenters. The minimum absolute atomic E-state index is 0.0752. The van der Waals surface area contributed by atoms with E-state index in [0.717, 1.165) is 43.4 Å². The average Bonchev–Trinajstić information content (AvgIpc) is 4.24. The van der Waals surface area contributed by atoms with Gasteiger partial charge in [-0.15, -0.1) is 11.8 Å². The van der Waals surface area contributed by atoms with E-state index in [9.17, 15) is 9.90 Å². The maximum absolute atomic E-state index is 15.4. The normalized spacial score (nSPS) is 38.3. The molecule has 4 saturated heterocycles. The SMILES string of the molecule is CC[C@H]1OC(=O)[C@H](C)[C@@H](OC2C[C@@](C)(OC)[C@@H](O)[C@H](C)O2)[C@H](C)[C@@H](OC2CC(N(C)C)C[C@@H](C)O2)[C@](C)(OC)C[C@@H](C)C(=O)[C@H](C)[C@H]2[C@H](SCCN(Cc3ccncc3)c3ccc(OC)c(OC4CCCC4)c3)C(=O)O[C@@]21C. The first-order valence-corrected chi connectivity index (χ1v) is 29.7. The van der Waals surface area contributed by atoms with Gasteiger partial charge in [0.25, 0.3) is 0 Å². The van der Waals surface area contributed by atoms with E-state index < -0.39 is 107 Å². The van der Waals surface area contributed by atoms with Crippen molar-refractivity contribution in [1.29, 1.82) is 0 Å². The third-order valence-corrected chi connectivity index (χ3v) is 19.3. The summed E-state index contributed by atoms with van der Waals surface area (Å²) in [4.78, 5) is 54.0. The second-order valence-electron chi connectivity index (χ2n) is 23.9. The number of ketones is 1. The Morgan fingerprint density at radius 3 is 2.15 bits per heavy atom. The maximum atomic E-state index is 15.4. The van der Waals surface area contributed by atoms with Crippen molar-refractivity contribution in [3.8, 4) is 11.5 Å². The molecule has 438 valence electrons. The van der Waals surface area contributed by atoms with Crippen LogP contribution in [0.25, 0.3) is 0 Å². The highest BCUT2D eigenvalue weighted by molar-refractivity contribution is 8.00. The Morgan fingerprint density at radius 2 is 1.51 bits per heavy atom. The summed E-state index contributed by atoms with van der Waals surface area (Å²) in [5, 5.41) is 10.4. The van der Waals surface area contributed by atoms with Crippen LogP contribution in [0.3, 0.4) is 0 Å². The second kappa shape index (κ2) is 26.5. The number of cyclic esters (lactones) is 1. The molecule has 17 nitrogen and oxygen atoms in total. The van der Waals surface area contributed by atoms with Crippen LogP contribution in [0.1, 0.15) is 133 Å². The quantitative estimate of drug-likeness (QED) is 0.140. The summed E-state index contributed by atoms with van der Waals surface area (Å²) in [6.07, 6.45) is 4.03. The number of esters is 2. The number of benzene rings is 1. The summed E-state index contributed by atoms with van der Waals surface area (Å²) < 4.78 is 65.1. The number of aliphatic hydroxyl groups is 1. The highest BCUT2D eigenvalue weighted by atomic mass is 32.2. The van der Waals surface area contributed by atoms with Crippen molar-refractivity contribution in [2.45, 2.75) is 217 Å². The third-order valence-electron chi connectivity index (χ3n) is 18.1. The monoisotopic (exact) mass is 1110 g/mol. The molecular formula is C60H93N3O14S. The Hall–Kier alpha value is -3.59. The van der Waals surface area contributed by atoms with Gasteiger partial charge in [-0.05, 0) is 130 Å². The van der Waals surface area contributed by atoms with Crippen LogP contribution in [0.15, 0.2) is 42.7 Å². The van der Waals surface area contributed by atoms with E-state index in [1.54, 1.807) is 47.6 Å². The molecule has 3 unspecified atom stereocenters. The van der Waals surface area contributed by atoms with Gasteiger partial charge in [-0.2, -0.15) is 0 Å². The van der Waals surface area contributed by atoms with Crippen LogP contribution in [0, 0.1) is 29.6 Å². The number of carbonyl (C=O) groups excluding carboxylic acids is 3. The molecule has 1 N–H and O–H groups in total. The van der Waals surface area contributed by atoms with Crippen molar-refractivity contribution in [2.24, 2.45) is 29.6 Å². The van der Waals surface area contributed by atoms with Crippen LogP contribution in [-0.4, -0.2) is 164 Å². The number of aliphatic hydroxyl groups excluding tert-OH is 1. The zero-order valence-corrected chi connectivity index (χ0v) is 50.1. The van der Waals surface area contributed by atoms with Gasteiger partial charge < -0.3 is 62.3 Å². The fourth-order valence-corrected chi connectivity index (χ4v) is 14.8. The number of thioether (sulfide) groups is 1. The number of hydrogen-bond donors (Lipinski definition) is 1. The van der Waals surface area contributed by atoms with Crippen molar-refractivity contribution < 1.29 is 66.9 Å². The molecule has 18 heteroatoms. The van der Waals surface area contributed by atoms with E-state index in [4.69, 9.17) is 47.4 Å². The van der Waals surface area contributed by atoms with Gasteiger partial charge in [0.05, 0.1) is 54.7 Å². The van der Waals surface area contributed by atoms with E-state index in [0.29, 0.717) is 43.2 Å². The molecule has 1 aromatic heterocycles. The first-order valence-electron chi connectivity index (χ1n) is 28.6. The van der Waals surface area contributed by atoms with Gasteiger partial charge in [-0.1, -0.05) is 27.7 Å². The van der Waals surface area contributed by atoms with Crippen molar-refractivity contribution in [2.75, 3.05) is 52.6 Å². The number of pyridine rings is 1. The van der Waals surface area contributed by atoms with Crippen molar-refractivity contribution in [3.05, 3.63) is 48.3 Å². The number of hydrogen-bond acceptors (Lipinski definition) is 18. The summed E-state index contributed by atoms with van der Waals surface area (Å²) in [5.41, 5.74) is -1.59. The smallest absolute Gasteiger partial charge is 0.320 e. The third kappa shape index (κ3) is 13.8. The lowest BCUT2D eigenvalue weighted by molar-refractivity contribution is -0.309. The molecule has 0 radical (unpaired) electrons. The standard InChI is InChI=1S/C60H93N3O14S/c1-16-47-60(10)50(53(57(67)77-60)78-28-27-63(34-41-23-25-61-26-24-41)42-21-22-45(68-13)46(30-42)73-44-19-17-18-20-44)37(4)51(64)35(2)32-59(9,70-15)55(76-48-31-43(62(11)12)29-36(3)71-48)38(5)52(39(6)56(66)74-47)75-49-33-58(8,69-14)54(65)40(7)72-49/h21-26,30,35-40,43-44,47-50,52-55,65H,16-20,27-29,31-34H2,1-15H3/t35-,36-,37-,38+,39-,40+,43?,47-,48?,49?,50+,52+,53+,54+,55-,58-,59-,60-/m1/s1. The number of methoxy groups -OCH3 is 3. The minimum Gasteiger partial charge on any atom is -0.493 e. The number of rotatable bonds is 18. The summed E-state index contributed by atoms with van der Waals surface area (Å²) in [5.74, 6) is -2.86. The molecule has 5 aliphatic rings. The van der Waals surface area contributed by atoms with Crippen LogP contribution in [0.2, 0.25) is 0 Å². The van der Waals surface area contributed by atoms with E-state index in [-0.39, 0.29) is 36.9 Å². The van der Waals surface area contributed by atoms with Gasteiger partial charge in [0.2, 0.25) is 0 Å². The average molecular weight is 1110 g/mol. The molecule has 0 spiro atoms. The Kier molecular flexibility index (Phi) is 21.1. The Labute approximate surface area is 469 Å². The molecule has 1 aromatic carbocycles. The van der Waals surface area contributed by atoms with Gasteiger partial charge in [-0.25, -0.2) is 0 Å². The highest BCUT2D eigenvalue weighted by Crippen LogP contribution is 2.50. The Bertz CT molecular complexity index is 2290. The number of anilines is 1. The molecule has 78 heavy (non-hydrogen) atoms. The molecule has 4 aliphatic heterocycles. The molecule has 0 amide bonds. The molecular weight excluding hydrogens is 1020 g/mol. The summed E-state index contributed by atoms with van der Waals surface area (Å²) >= 11 is 1.46. The molecule has 7 rings (SSSR count). The summed E-state index contributed by atoms with van der Waals surface area (Å²) in [6, 6.07) is 10.2. The largest absolute Gasteiger partial charge is 0.493 e. The molecule has 1 aliphatic carbocycles. The first-order chi connectivity index (χ1) is 37.0. The minimum atomic E-state index is -1.40. The van der Waals surface area contributed by atoms with Crippen molar-refractivity contribution in [3.63, 3.8) is 0 Å². The van der Waals surface area contributed by atoms with Crippen LogP contribution in [0.4, 0.5) is 5.69 Å². The van der Waals surface area contributed by atoms with Gasteiger partial charge in [0.15, 0.2) is 29.7 Å². The Morgan fingerprint density at radius 1 is 0.821 bits per heavy atom. The zero-order valence-electron chi connectivity index (χ0n) is 49.3. The number of Topliss-reactive ketones (excluding diaryl/α,β-unsaturated/α-hetero) is 1. The van der Waals surface area contributed by atoms with Gasteiger partial charge in [0, 0.05) is 99.8 Å². The fraction of sp³-hybridized carbons (Fsp3) is 0.767. The highest BCUT2D eigenvalue weighted by Gasteiger charge is 2.62. The van der Waals surface area contributed by atoms with Gasteiger partial charge in [0.1, 0.15) is 23.2 Å². The number of fused-ring (bicyclic) bond motifs is 1. The molecule has 2 aromatic rings. The van der Waals surface area contributed by atoms with E-state index in [1.807, 2.05) is 85.7 Å². The number of nitrogens with zero attached hydrogens (tertiary/aromatic N) is 3. The lowest BCUT2D eigenvalue weighted by atomic mass is 9.70. The lowest BCUT2D eigenvalue weighted by Gasteiger charge is -2.49. The Balaban J connectivity index is 1.24. The maximum Gasteiger partial charge on any atom is 0.320 e. The second-order valence-corrected chi connectivity index (χ2v) is 25.2. The molecule has 1 saturated carbocycles. The van der Waals surface area contributed by atoms with Crippen molar-refractivity contribution in [1.82, 2.24) is 9.88 Å². The molecule has 5 heterocycles. The van der Waals surface area contributed by atoms with Gasteiger partial charge >= 0.3 is 11.9 Å². The van der Waals surface area contributed by atoms with E-state index in [2.05, 4.69) is 28.9 Å². The topological polar surface area (TPSA) is 183 Å². The predicted octanol–water partition coefficient (Wildman–Crippen LogP) is 8.82. The predicted molar refractivity (Wildman–Crippen MR) is 298 cm³/mol. The zero-order chi connectivity index (χ0) is 56.9. The van der Waals surface area contributed by atoms with Crippen LogP contribution in [-0.2, 0) is 58.8 Å². The van der Waals surface area contributed by atoms with Crippen LogP contribution in [0.5, 0.6) is 11.5 Å². The first kappa shape index (κ1) is 62.0. The number of carbonyl (C=O) groups is 3. The summed E-state index contributed by atoms with van der Waals surface area (Å²) in [7, 11) is 8.92.